The van der Waals surface area contributed by atoms with Gasteiger partial charge in [0.25, 0.3) is 10.1 Å². The van der Waals surface area contributed by atoms with Crippen molar-refractivity contribution in [2.45, 2.75) is 63.1 Å². The first-order valence-corrected chi connectivity index (χ1v) is 9.10. The third-order valence-electron chi connectivity index (χ3n) is 3.50. The van der Waals surface area contributed by atoms with Gasteiger partial charge in [0.15, 0.2) is 0 Å². The summed E-state index contributed by atoms with van der Waals surface area (Å²) in [5, 5.41) is 19.6. The van der Waals surface area contributed by atoms with Crippen LogP contribution in [0.1, 0.15) is 44.6 Å². The standard InChI is InChI=1S/C16H26O5S/c1-3-4-5-6-7-15(17)16(18)12-21-22(19,20)14-10-8-13(2)9-11-14/h8-11,15-18H,3-7,12H2,1-2H3/t15-,16-/m0/s1. The molecule has 0 aromatic heterocycles. The topological polar surface area (TPSA) is 83.8 Å². The van der Waals surface area contributed by atoms with E-state index in [9.17, 15) is 18.6 Å². The molecule has 2 N–H and O–H groups in total. The fourth-order valence-electron chi connectivity index (χ4n) is 2.02. The van der Waals surface area contributed by atoms with Crippen molar-refractivity contribution in [3.8, 4) is 0 Å². The molecule has 0 aliphatic heterocycles. The molecular formula is C16H26O5S. The summed E-state index contributed by atoms with van der Waals surface area (Å²) in [6.07, 6.45) is 2.23. The molecule has 0 aliphatic carbocycles. The van der Waals surface area contributed by atoms with E-state index >= 15 is 0 Å². The zero-order chi connectivity index (χ0) is 16.6. The summed E-state index contributed by atoms with van der Waals surface area (Å²) in [5.41, 5.74) is 0.946. The van der Waals surface area contributed by atoms with Crippen molar-refractivity contribution in [2.75, 3.05) is 6.61 Å². The smallest absolute Gasteiger partial charge is 0.297 e. The van der Waals surface area contributed by atoms with Gasteiger partial charge in [0, 0.05) is 0 Å². The molecule has 0 amide bonds. The molecule has 1 aromatic rings. The summed E-state index contributed by atoms with van der Waals surface area (Å²) < 4.78 is 28.7. The maximum absolute atomic E-state index is 12.0. The van der Waals surface area contributed by atoms with Gasteiger partial charge in [0.05, 0.1) is 17.6 Å². The highest BCUT2D eigenvalue weighted by atomic mass is 32.2. The van der Waals surface area contributed by atoms with E-state index in [4.69, 9.17) is 4.18 Å². The van der Waals surface area contributed by atoms with Gasteiger partial charge >= 0.3 is 0 Å². The van der Waals surface area contributed by atoms with Crippen LogP contribution < -0.4 is 0 Å². The van der Waals surface area contributed by atoms with Gasteiger partial charge in [0.1, 0.15) is 6.10 Å². The van der Waals surface area contributed by atoms with Gasteiger partial charge in [-0.25, -0.2) is 0 Å². The normalized spacial score (nSPS) is 14.7. The second-order valence-electron chi connectivity index (χ2n) is 5.54. The van der Waals surface area contributed by atoms with E-state index in [1.165, 1.54) is 12.1 Å². The zero-order valence-corrected chi connectivity index (χ0v) is 14.1. The lowest BCUT2D eigenvalue weighted by Gasteiger charge is -2.17. The fraction of sp³-hybridized carbons (Fsp3) is 0.625. The van der Waals surface area contributed by atoms with E-state index in [0.717, 1.165) is 31.2 Å². The van der Waals surface area contributed by atoms with Gasteiger partial charge in [-0.3, -0.25) is 4.18 Å². The average Bonchev–Trinajstić information content (AvgIpc) is 2.49. The summed E-state index contributed by atoms with van der Waals surface area (Å²) in [7, 11) is -3.91. The van der Waals surface area contributed by atoms with Crippen LogP contribution in [0.3, 0.4) is 0 Å². The maximum Gasteiger partial charge on any atom is 0.297 e. The first-order chi connectivity index (χ1) is 10.4. The minimum atomic E-state index is -3.91. The Morgan fingerprint density at radius 1 is 1.05 bits per heavy atom. The number of unbranched alkanes of at least 4 members (excludes halogenated alkanes) is 3. The van der Waals surface area contributed by atoms with E-state index in [-0.39, 0.29) is 4.90 Å². The first-order valence-electron chi connectivity index (χ1n) is 7.69. The zero-order valence-electron chi connectivity index (χ0n) is 13.2. The van der Waals surface area contributed by atoms with E-state index in [2.05, 4.69) is 6.92 Å². The van der Waals surface area contributed by atoms with Crippen molar-refractivity contribution in [3.63, 3.8) is 0 Å². The Hall–Kier alpha value is -0.950. The molecule has 1 aromatic carbocycles. The van der Waals surface area contributed by atoms with Crippen LogP contribution in [0.2, 0.25) is 0 Å². The minimum Gasteiger partial charge on any atom is -0.390 e. The molecular weight excluding hydrogens is 304 g/mol. The number of hydrogen-bond acceptors (Lipinski definition) is 5. The van der Waals surface area contributed by atoms with Gasteiger partial charge in [-0.1, -0.05) is 50.3 Å². The van der Waals surface area contributed by atoms with Crippen molar-refractivity contribution in [1.29, 1.82) is 0 Å². The van der Waals surface area contributed by atoms with Crippen molar-refractivity contribution >= 4 is 10.1 Å². The lowest BCUT2D eigenvalue weighted by molar-refractivity contribution is -0.0113. The lowest BCUT2D eigenvalue weighted by atomic mass is 10.1. The van der Waals surface area contributed by atoms with E-state index in [0.29, 0.717) is 6.42 Å². The van der Waals surface area contributed by atoms with Gasteiger partial charge in [-0.15, -0.1) is 0 Å². The Balaban J connectivity index is 2.44. The Bertz CT molecular complexity index is 524. The first kappa shape index (κ1) is 19.1. The number of benzene rings is 1. The molecule has 0 radical (unpaired) electrons. The minimum absolute atomic E-state index is 0.0442. The molecule has 1 rings (SSSR count). The third-order valence-corrected chi connectivity index (χ3v) is 4.80. The van der Waals surface area contributed by atoms with Crippen LogP contribution in [0, 0.1) is 6.92 Å². The molecule has 0 heterocycles. The Morgan fingerprint density at radius 3 is 2.27 bits per heavy atom. The average molecular weight is 330 g/mol. The van der Waals surface area contributed by atoms with Crippen molar-refractivity contribution in [3.05, 3.63) is 29.8 Å². The van der Waals surface area contributed by atoms with Crippen molar-refractivity contribution in [1.82, 2.24) is 0 Å². The van der Waals surface area contributed by atoms with Crippen LogP contribution in [-0.4, -0.2) is 37.4 Å². The molecule has 0 aliphatic rings. The molecule has 126 valence electrons. The molecule has 0 bridgehead atoms. The highest BCUT2D eigenvalue weighted by Crippen LogP contribution is 2.15. The summed E-state index contributed by atoms with van der Waals surface area (Å²) in [4.78, 5) is 0.0442. The Kier molecular flexibility index (Phi) is 8.03. The summed E-state index contributed by atoms with van der Waals surface area (Å²) in [6, 6.07) is 6.26. The second-order valence-corrected chi connectivity index (χ2v) is 7.15. The van der Waals surface area contributed by atoms with Gasteiger partial charge < -0.3 is 10.2 Å². The maximum atomic E-state index is 12.0. The highest BCUT2D eigenvalue weighted by molar-refractivity contribution is 7.86. The summed E-state index contributed by atoms with van der Waals surface area (Å²) in [5.74, 6) is 0. The predicted octanol–water partition coefficient (Wildman–Crippen LogP) is 2.39. The summed E-state index contributed by atoms with van der Waals surface area (Å²) >= 11 is 0. The predicted molar refractivity (Wildman–Crippen MR) is 85.1 cm³/mol. The molecule has 22 heavy (non-hydrogen) atoms. The quantitative estimate of drug-likeness (QED) is 0.508. The van der Waals surface area contributed by atoms with Crippen LogP contribution in [0.15, 0.2) is 29.2 Å². The third kappa shape index (κ3) is 6.44. The number of aliphatic hydroxyl groups is 2. The SMILES string of the molecule is CCCCCC[C@H](O)[C@@H](O)COS(=O)(=O)c1ccc(C)cc1. The molecule has 0 saturated heterocycles. The van der Waals surface area contributed by atoms with Crippen LogP contribution in [0.4, 0.5) is 0 Å². The number of aliphatic hydroxyl groups excluding tert-OH is 2. The molecule has 0 spiro atoms. The van der Waals surface area contributed by atoms with E-state index < -0.39 is 28.9 Å². The lowest BCUT2D eigenvalue weighted by Crippen LogP contribution is -2.31. The van der Waals surface area contributed by atoms with Crippen LogP contribution in [-0.2, 0) is 14.3 Å². The number of rotatable bonds is 10. The fourth-order valence-corrected chi connectivity index (χ4v) is 2.94. The van der Waals surface area contributed by atoms with Crippen molar-refractivity contribution in [2.24, 2.45) is 0 Å². The number of aryl methyl sites for hydroxylation is 1. The van der Waals surface area contributed by atoms with Crippen LogP contribution in [0.5, 0.6) is 0 Å². The monoisotopic (exact) mass is 330 g/mol. The molecule has 6 heteroatoms. The van der Waals surface area contributed by atoms with Crippen LogP contribution >= 0.6 is 0 Å². The van der Waals surface area contributed by atoms with Gasteiger partial charge in [0.2, 0.25) is 0 Å². The van der Waals surface area contributed by atoms with E-state index in [1.807, 2.05) is 6.92 Å². The molecule has 0 unspecified atom stereocenters. The Morgan fingerprint density at radius 2 is 1.68 bits per heavy atom. The molecule has 2 atom stereocenters. The number of hydrogen-bond donors (Lipinski definition) is 2. The second kappa shape index (κ2) is 9.25. The summed E-state index contributed by atoms with van der Waals surface area (Å²) in [6.45, 7) is 3.51. The molecule has 5 nitrogen and oxygen atoms in total. The van der Waals surface area contributed by atoms with Crippen molar-refractivity contribution < 1.29 is 22.8 Å². The highest BCUT2D eigenvalue weighted by Gasteiger charge is 2.21. The molecule has 0 saturated carbocycles. The molecule has 0 fully saturated rings. The van der Waals surface area contributed by atoms with E-state index in [1.54, 1.807) is 12.1 Å². The van der Waals surface area contributed by atoms with Gasteiger partial charge in [-0.05, 0) is 25.5 Å². The van der Waals surface area contributed by atoms with Gasteiger partial charge in [-0.2, -0.15) is 8.42 Å². The van der Waals surface area contributed by atoms with Crippen LogP contribution in [0.25, 0.3) is 0 Å². The largest absolute Gasteiger partial charge is 0.390 e. The Labute approximate surface area is 133 Å².